The second-order valence-electron chi connectivity index (χ2n) is 3.93. The molecule has 2 rings (SSSR count). The van der Waals surface area contributed by atoms with Crippen LogP contribution in [-0.4, -0.2) is 14.8 Å². The Bertz CT molecular complexity index is 435. The number of nitrogens with two attached hydrogens (primary N) is 1. The van der Waals surface area contributed by atoms with Crippen LogP contribution >= 0.6 is 0 Å². The first-order valence-electron chi connectivity index (χ1n) is 5.41. The van der Waals surface area contributed by atoms with Crippen molar-refractivity contribution < 1.29 is 0 Å². The molecule has 0 aliphatic rings. The zero-order chi connectivity index (χ0) is 11.4. The molecule has 2 aromatic rings. The van der Waals surface area contributed by atoms with Gasteiger partial charge < -0.3 is 10.3 Å². The second-order valence-corrected chi connectivity index (χ2v) is 3.93. The van der Waals surface area contributed by atoms with Crippen LogP contribution in [0.3, 0.4) is 0 Å². The summed E-state index contributed by atoms with van der Waals surface area (Å²) >= 11 is 0. The molecule has 0 aliphatic heterocycles. The molecule has 4 nitrogen and oxygen atoms in total. The molecule has 1 aromatic heterocycles. The number of rotatable bonds is 4. The molecule has 16 heavy (non-hydrogen) atoms. The van der Waals surface area contributed by atoms with Gasteiger partial charge in [-0.2, -0.15) is 0 Å². The van der Waals surface area contributed by atoms with Crippen LogP contribution in [0.5, 0.6) is 0 Å². The predicted molar refractivity (Wildman–Crippen MR) is 62.7 cm³/mol. The molecule has 0 saturated carbocycles. The average Bonchev–Trinajstić information content (AvgIpc) is 2.74. The van der Waals surface area contributed by atoms with Crippen molar-refractivity contribution in [2.75, 3.05) is 0 Å². The maximum atomic E-state index is 6.06. The SMILES string of the molecule is Cn1cnnc1C(N)CCc1ccccc1. The zero-order valence-corrected chi connectivity index (χ0v) is 9.37. The standard InChI is InChI=1S/C12H16N4/c1-16-9-14-15-12(16)11(13)8-7-10-5-3-2-4-6-10/h2-6,9,11H,7-8,13H2,1H3. The van der Waals surface area contributed by atoms with Gasteiger partial charge in [0.15, 0.2) is 0 Å². The molecule has 0 amide bonds. The van der Waals surface area contributed by atoms with Crippen molar-refractivity contribution in [2.45, 2.75) is 18.9 Å². The minimum absolute atomic E-state index is 0.0484. The number of hydrogen-bond donors (Lipinski definition) is 1. The summed E-state index contributed by atoms with van der Waals surface area (Å²) in [6.07, 6.45) is 3.53. The summed E-state index contributed by atoms with van der Waals surface area (Å²) < 4.78 is 1.87. The van der Waals surface area contributed by atoms with Crippen LogP contribution in [0, 0.1) is 0 Å². The summed E-state index contributed by atoms with van der Waals surface area (Å²) in [5.41, 5.74) is 7.37. The van der Waals surface area contributed by atoms with E-state index in [9.17, 15) is 0 Å². The lowest BCUT2D eigenvalue weighted by Crippen LogP contribution is -2.16. The molecule has 4 heteroatoms. The fourth-order valence-electron chi connectivity index (χ4n) is 1.72. The second kappa shape index (κ2) is 4.90. The first kappa shape index (κ1) is 10.8. The van der Waals surface area contributed by atoms with Gasteiger partial charge in [0.25, 0.3) is 0 Å². The van der Waals surface area contributed by atoms with E-state index in [1.54, 1.807) is 6.33 Å². The third-order valence-electron chi connectivity index (χ3n) is 2.66. The van der Waals surface area contributed by atoms with Crippen molar-refractivity contribution in [3.63, 3.8) is 0 Å². The third-order valence-corrected chi connectivity index (χ3v) is 2.66. The van der Waals surface area contributed by atoms with Gasteiger partial charge >= 0.3 is 0 Å². The summed E-state index contributed by atoms with van der Waals surface area (Å²) in [6, 6.07) is 10.3. The normalized spacial score (nSPS) is 12.6. The van der Waals surface area contributed by atoms with E-state index in [4.69, 9.17) is 5.73 Å². The predicted octanol–water partition coefficient (Wildman–Crippen LogP) is 1.45. The number of aryl methyl sites for hydroxylation is 2. The van der Waals surface area contributed by atoms with Crippen molar-refractivity contribution in [3.8, 4) is 0 Å². The van der Waals surface area contributed by atoms with Crippen LogP contribution < -0.4 is 5.73 Å². The van der Waals surface area contributed by atoms with Crippen LogP contribution in [-0.2, 0) is 13.5 Å². The van der Waals surface area contributed by atoms with Crippen LogP contribution in [0.15, 0.2) is 36.7 Å². The minimum Gasteiger partial charge on any atom is -0.321 e. The molecule has 84 valence electrons. The van der Waals surface area contributed by atoms with E-state index in [0.717, 1.165) is 18.7 Å². The van der Waals surface area contributed by atoms with E-state index in [0.29, 0.717) is 0 Å². The van der Waals surface area contributed by atoms with E-state index in [-0.39, 0.29) is 6.04 Å². The maximum Gasteiger partial charge on any atom is 0.149 e. The van der Waals surface area contributed by atoms with Gasteiger partial charge in [-0.05, 0) is 18.4 Å². The van der Waals surface area contributed by atoms with Crippen molar-refractivity contribution in [3.05, 3.63) is 48.0 Å². The topological polar surface area (TPSA) is 56.7 Å². The highest BCUT2D eigenvalue weighted by atomic mass is 15.3. The number of aromatic nitrogens is 3. The Morgan fingerprint density at radius 1 is 1.31 bits per heavy atom. The number of nitrogens with zero attached hydrogens (tertiary/aromatic N) is 3. The Balaban J connectivity index is 1.94. The minimum atomic E-state index is -0.0484. The summed E-state index contributed by atoms with van der Waals surface area (Å²) in [4.78, 5) is 0. The van der Waals surface area contributed by atoms with Gasteiger partial charge in [-0.25, -0.2) is 0 Å². The highest BCUT2D eigenvalue weighted by Crippen LogP contribution is 2.13. The lowest BCUT2D eigenvalue weighted by Gasteiger charge is -2.10. The molecule has 1 unspecified atom stereocenters. The molecule has 0 spiro atoms. The lowest BCUT2D eigenvalue weighted by molar-refractivity contribution is 0.586. The third kappa shape index (κ3) is 2.46. The molecule has 0 saturated heterocycles. The van der Waals surface area contributed by atoms with Crippen molar-refractivity contribution in [2.24, 2.45) is 12.8 Å². The quantitative estimate of drug-likeness (QED) is 0.841. The van der Waals surface area contributed by atoms with Gasteiger partial charge in [0, 0.05) is 7.05 Å². The molecule has 0 radical (unpaired) electrons. The Kier molecular flexibility index (Phi) is 3.31. The zero-order valence-electron chi connectivity index (χ0n) is 9.37. The Hall–Kier alpha value is -1.68. The smallest absolute Gasteiger partial charge is 0.149 e. The van der Waals surface area contributed by atoms with Crippen molar-refractivity contribution in [1.82, 2.24) is 14.8 Å². The number of hydrogen-bond acceptors (Lipinski definition) is 3. The van der Waals surface area contributed by atoms with Gasteiger partial charge in [0.05, 0.1) is 6.04 Å². The van der Waals surface area contributed by atoms with E-state index in [2.05, 4.69) is 22.3 Å². The van der Waals surface area contributed by atoms with E-state index in [1.807, 2.05) is 29.8 Å². The van der Waals surface area contributed by atoms with E-state index >= 15 is 0 Å². The first-order chi connectivity index (χ1) is 7.77. The fourth-order valence-corrected chi connectivity index (χ4v) is 1.72. The average molecular weight is 216 g/mol. The van der Waals surface area contributed by atoms with Gasteiger partial charge in [0.1, 0.15) is 12.2 Å². The molecule has 1 aromatic carbocycles. The van der Waals surface area contributed by atoms with Gasteiger partial charge in [-0.1, -0.05) is 30.3 Å². The van der Waals surface area contributed by atoms with Crippen LogP contribution in [0.4, 0.5) is 0 Å². The molecule has 0 bridgehead atoms. The van der Waals surface area contributed by atoms with Gasteiger partial charge in [0.2, 0.25) is 0 Å². The van der Waals surface area contributed by atoms with Crippen LogP contribution in [0.2, 0.25) is 0 Å². The highest BCUT2D eigenvalue weighted by molar-refractivity contribution is 5.15. The van der Waals surface area contributed by atoms with Crippen LogP contribution in [0.1, 0.15) is 23.9 Å². The maximum absolute atomic E-state index is 6.06. The molecule has 1 heterocycles. The molecular formula is C12H16N4. The molecule has 1 atom stereocenters. The van der Waals surface area contributed by atoms with Gasteiger partial charge in [-0.15, -0.1) is 10.2 Å². The number of benzene rings is 1. The lowest BCUT2D eigenvalue weighted by atomic mass is 10.1. The monoisotopic (exact) mass is 216 g/mol. The fraction of sp³-hybridized carbons (Fsp3) is 0.333. The summed E-state index contributed by atoms with van der Waals surface area (Å²) in [5, 5.41) is 7.85. The summed E-state index contributed by atoms with van der Waals surface area (Å²) in [6.45, 7) is 0. The molecule has 2 N–H and O–H groups in total. The van der Waals surface area contributed by atoms with E-state index in [1.165, 1.54) is 5.56 Å². The summed E-state index contributed by atoms with van der Waals surface area (Å²) in [7, 11) is 1.91. The van der Waals surface area contributed by atoms with Crippen molar-refractivity contribution >= 4 is 0 Å². The highest BCUT2D eigenvalue weighted by Gasteiger charge is 2.11. The molecule has 0 fully saturated rings. The summed E-state index contributed by atoms with van der Waals surface area (Å²) in [5.74, 6) is 0.843. The largest absolute Gasteiger partial charge is 0.321 e. The van der Waals surface area contributed by atoms with Crippen LogP contribution in [0.25, 0.3) is 0 Å². The molecular weight excluding hydrogens is 200 g/mol. The Morgan fingerprint density at radius 3 is 2.69 bits per heavy atom. The van der Waals surface area contributed by atoms with Gasteiger partial charge in [-0.3, -0.25) is 0 Å². The molecule has 0 aliphatic carbocycles. The van der Waals surface area contributed by atoms with Crippen molar-refractivity contribution in [1.29, 1.82) is 0 Å². The Morgan fingerprint density at radius 2 is 2.06 bits per heavy atom. The first-order valence-corrected chi connectivity index (χ1v) is 5.41. The van der Waals surface area contributed by atoms with E-state index < -0.39 is 0 Å². The Labute approximate surface area is 95.1 Å².